The largest absolute Gasteiger partial charge is 0.356 e. The van der Waals surface area contributed by atoms with Gasteiger partial charge in [0.25, 0.3) is 0 Å². The molecule has 1 aromatic rings. The van der Waals surface area contributed by atoms with E-state index >= 15 is 0 Å². The van der Waals surface area contributed by atoms with Crippen molar-refractivity contribution in [2.75, 3.05) is 39.8 Å². The van der Waals surface area contributed by atoms with Gasteiger partial charge in [-0.05, 0) is 43.7 Å². The first-order valence-corrected chi connectivity index (χ1v) is 10.5. The Morgan fingerprint density at radius 1 is 1.12 bits per heavy atom. The molecule has 26 heavy (non-hydrogen) atoms. The first-order valence-electron chi connectivity index (χ1n) is 10.5. The fourth-order valence-electron chi connectivity index (χ4n) is 5.21. The molecule has 1 amide bonds. The topological polar surface area (TPSA) is 35.6 Å². The number of piperazine rings is 1. The Hall–Kier alpha value is -1.39. The molecule has 0 aromatic heterocycles. The Balaban J connectivity index is 1.23. The molecule has 1 saturated heterocycles. The van der Waals surface area contributed by atoms with Crippen molar-refractivity contribution >= 4 is 5.91 Å². The van der Waals surface area contributed by atoms with E-state index < -0.39 is 0 Å². The summed E-state index contributed by atoms with van der Waals surface area (Å²) in [6.07, 6.45) is 6.26. The summed E-state index contributed by atoms with van der Waals surface area (Å²) in [6.45, 7) is 5.20. The average molecular weight is 356 g/mol. The van der Waals surface area contributed by atoms with E-state index in [4.69, 9.17) is 0 Å². The van der Waals surface area contributed by atoms with Gasteiger partial charge in [0.1, 0.15) is 0 Å². The molecule has 2 aliphatic carbocycles. The molecule has 142 valence electrons. The number of rotatable bonds is 6. The number of nitrogens with one attached hydrogen (secondary N) is 1. The van der Waals surface area contributed by atoms with E-state index in [0.717, 1.165) is 39.1 Å². The van der Waals surface area contributed by atoms with Gasteiger partial charge >= 0.3 is 0 Å². The van der Waals surface area contributed by atoms with Crippen LogP contribution in [0.25, 0.3) is 0 Å². The summed E-state index contributed by atoms with van der Waals surface area (Å²) in [6, 6.07) is 11.3. The van der Waals surface area contributed by atoms with Crippen molar-refractivity contribution < 1.29 is 4.79 Å². The van der Waals surface area contributed by atoms with E-state index in [1.165, 1.54) is 31.2 Å². The first-order chi connectivity index (χ1) is 12.7. The van der Waals surface area contributed by atoms with Gasteiger partial charge in [0.2, 0.25) is 5.91 Å². The van der Waals surface area contributed by atoms with Crippen LogP contribution in [0.4, 0.5) is 0 Å². The smallest absolute Gasteiger partial charge is 0.223 e. The van der Waals surface area contributed by atoms with Crippen LogP contribution < -0.4 is 5.32 Å². The van der Waals surface area contributed by atoms with E-state index in [1.54, 1.807) is 0 Å². The first kappa shape index (κ1) is 18.0. The quantitative estimate of drug-likeness (QED) is 0.797. The molecule has 4 heteroatoms. The van der Waals surface area contributed by atoms with Crippen LogP contribution in [0.2, 0.25) is 0 Å². The maximum Gasteiger partial charge on any atom is 0.223 e. The molecule has 3 fully saturated rings. The van der Waals surface area contributed by atoms with Crippen LogP contribution in [0, 0.1) is 17.8 Å². The lowest BCUT2D eigenvalue weighted by Gasteiger charge is -2.40. The van der Waals surface area contributed by atoms with Crippen LogP contribution in [-0.4, -0.2) is 55.5 Å². The molecule has 0 spiro atoms. The minimum Gasteiger partial charge on any atom is -0.356 e. The minimum atomic E-state index is 0.333. The highest BCUT2D eigenvalue weighted by atomic mass is 16.2. The Labute approximate surface area is 157 Å². The number of hydrogen-bond acceptors (Lipinski definition) is 3. The maximum atomic E-state index is 12.4. The average Bonchev–Trinajstić information content (AvgIpc) is 3.41. The second kappa shape index (κ2) is 8.10. The molecule has 0 bridgehead atoms. The number of nitrogens with zero attached hydrogens (tertiary/aromatic N) is 2. The van der Waals surface area contributed by atoms with E-state index in [0.29, 0.717) is 29.7 Å². The van der Waals surface area contributed by atoms with Gasteiger partial charge in [-0.1, -0.05) is 43.2 Å². The molecule has 0 radical (unpaired) electrons. The zero-order valence-corrected chi connectivity index (χ0v) is 16.1. The van der Waals surface area contributed by atoms with Crippen molar-refractivity contribution in [3.63, 3.8) is 0 Å². The van der Waals surface area contributed by atoms with Crippen molar-refractivity contribution in [2.45, 2.75) is 38.1 Å². The van der Waals surface area contributed by atoms with Crippen LogP contribution in [0.15, 0.2) is 30.3 Å². The van der Waals surface area contributed by atoms with Gasteiger partial charge in [-0.3, -0.25) is 9.69 Å². The Kier molecular flexibility index (Phi) is 5.60. The molecular weight excluding hydrogens is 322 g/mol. The standard InChI is InChI=1S/C22H33N3O/c1-24-14-15-25(20(16-24)17-8-3-2-4-9-17)13-7-12-23-22(26)21-18-10-5-6-11-19(18)21/h2-4,8-9,18-21H,5-7,10-16H2,1H3,(H,23,26)/t18-,19-,20+/m1/s1. The maximum absolute atomic E-state index is 12.4. The fraction of sp³-hybridized carbons (Fsp3) is 0.682. The number of benzene rings is 1. The number of fused-ring (bicyclic) bond motifs is 1. The summed E-state index contributed by atoms with van der Waals surface area (Å²) < 4.78 is 0. The minimum absolute atomic E-state index is 0.333. The molecule has 3 atom stereocenters. The second-order valence-electron chi connectivity index (χ2n) is 8.51. The lowest BCUT2D eigenvalue weighted by molar-refractivity contribution is -0.122. The summed E-state index contributed by atoms with van der Waals surface area (Å²) in [5.41, 5.74) is 1.41. The monoisotopic (exact) mass is 355 g/mol. The number of carbonyl (C=O) groups excluding carboxylic acids is 1. The van der Waals surface area contributed by atoms with Crippen molar-refractivity contribution in [3.05, 3.63) is 35.9 Å². The second-order valence-corrected chi connectivity index (χ2v) is 8.51. The summed E-state index contributed by atoms with van der Waals surface area (Å²) in [4.78, 5) is 17.4. The van der Waals surface area contributed by atoms with Crippen LogP contribution >= 0.6 is 0 Å². The van der Waals surface area contributed by atoms with Crippen molar-refractivity contribution in [3.8, 4) is 0 Å². The molecule has 0 unspecified atom stereocenters. The highest BCUT2D eigenvalue weighted by Gasteiger charge is 2.54. The van der Waals surface area contributed by atoms with Crippen molar-refractivity contribution in [1.29, 1.82) is 0 Å². The Morgan fingerprint density at radius 3 is 2.58 bits per heavy atom. The zero-order chi connectivity index (χ0) is 17.9. The number of hydrogen-bond donors (Lipinski definition) is 1. The lowest BCUT2D eigenvalue weighted by Crippen LogP contribution is -2.47. The summed E-state index contributed by atoms with van der Waals surface area (Å²) >= 11 is 0. The van der Waals surface area contributed by atoms with Crippen molar-refractivity contribution in [2.24, 2.45) is 17.8 Å². The van der Waals surface area contributed by atoms with Gasteiger partial charge in [0.05, 0.1) is 0 Å². The van der Waals surface area contributed by atoms with Gasteiger partial charge in [-0.25, -0.2) is 0 Å². The van der Waals surface area contributed by atoms with Gasteiger partial charge in [0.15, 0.2) is 0 Å². The third-order valence-corrected chi connectivity index (χ3v) is 6.76. The normalized spacial score (nSPS) is 32.0. The van der Waals surface area contributed by atoms with Gasteiger partial charge in [0, 0.05) is 44.7 Å². The molecule has 1 aliphatic heterocycles. The third kappa shape index (κ3) is 3.96. The molecule has 2 saturated carbocycles. The Morgan fingerprint density at radius 2 is 1.85 bits per heavy atom. The van der Waals surface area contributed by atoms with Gasteiger partial charge < -0.3 is 10.2 Å². The van der Waals surface area contributed by atoms with Gasteiger partial charge in [-0.2, -0.15) is 0 Å². The van der Waals surface area contributed by atoms with Crippen molar-refractivity contribution in [1.82, 2.24) is 15.1 Å². The van der Waals surface area contributed by atoms with E-state index in [9.17, 15) is 4.79 Å². The molecule has 4 rings (SSSR count). The summed E-state index contributed by atoms with van der Waals surface area (Å²) in [5, 5.41) is 3.23. The fourth-order valence-corrected chi connectivity index (χ4v) is 5.21. The molecular formula is C22H33N3O. The number of amides is 1. The predicted molar refractivity (Wildman–Crippen MR) is 105 cm³/mol. The van der Waals surface area contributed by atoms with E-state index in [-0.39, 0.29) is 0 Å². The molecule has 1 heterocycles. The van der Waals surface area contributed by atoms with Crippen LogP contribution in [0.3, 0.4) is 0 Å². The van der Waals surface area contributed by atoms with E-state index in [2.05, 4.69) is 52.5 Å². The Bertz CT molecular complexity index is 593. The number of carbonyl (C=O) groups is 1. The predicted octanol–water partition coefficient (Wildman–Crippen LogP) is 2.92. The molecule has 3 aliphatic rings. The summed E-state index contributed by atoms with van der Waals surface area (Å²) in [5.74, 6) is 2.10. The zero-order valence-electron chi connectivity index (χ0n) is 16.1. The van der Waals surface area contributed by atoms with Crippen LogP contribution in [-0.2, 0) is 4.79 Å². The molecule has 1 N–H and O–H groups in total. The lowest BCUT2D eigenvalue weighted by atomic mass is 10.0. The third-order valence-electron chi connectivity index (χ3n) is 6.76. The van der Waals surface area contributed by atoms with Crippen LogP contribution in [0.5, 0.6) is 0 Å². The van der Waals surface area contributed by atoms with E-state index in [1.807, 2.05) is 0 Å². The SMILES string of the molecule is CN1CCN(CCCNC(=O)C2[C@@H]3CCCC[C@@H]23)[C@H](c2ccccc2)C1. The number of likely N-dealkylation sites (N-methyl/N-ethyl adjacent to an activating group) is 1. The molecule has 4 nitrogen and oxygen atoms in total. The highest BCUT2D eigenvalue weighted by Crippen LogP contribution is 2.55. The van der Waals surface area contributed by atoms with Crippen LogP contribution in [0.1, 0.15) is 43.7 Å². The highest BCUT2D eigenvalue weighted by molar-refractivity contribution is 5.82. The van der Waals surface area contributed by atoms with Gasteiger partial charge in [-0.15, -0.1) is 0 Å². The summed E-state index contributed by atoms with van der Waals surface area (Å²) in [7, 11) is 2.21. The molecule has 1 aromatic carbocycles.